The molecule has 0 saturated carbocycles. The highest BCUT2D eigenvalue weighted by Crippen LogP contribution is 2.35. The van der Waals surface area contributed by atoms with Crippen LogP contribution in [0.2, 0.25) is 0 Å². The molecule has 2 aliphatic rings. The second kappa shape index (κ2) is 5.80. The lowest BCUT2D eigenvalue weighted by Gasteiger charge is -2.37. The van der Waals surface area contributed by atoms with Gasteiger partial charge in [-0.25, -0.2) is 5.84 Å². The van der Waals surface area contributed by atoms with Gasteiger partial charge in [-0.3, -0.25) is 15.1 Å². The molecular weight excluding hydrogens is 218 g/mol. The van der Waals surface area contributed by atoms with Crippen LogP contribution in [0.3, 0.4) is 0 Å². The molecule has 0 aromatic rings. The van der Waals surface area contributed by atoms with Gasteiger partial charge in [0.2, 0.25) is 5.91 Å². The number of aliphatic hydroxyl groups excluding tert-OH is 1. The van der Waals surface area contributed by atoms with Gasteiger partial charge < -0.3 is 5.11 Å². The number of hydrogen-bond donors (Lipinski definition) is 3. The Morgan fingerprint density at radius 3 is 2.53 bits per heavy atom. The van der Waals surface area contributed by atoms with Gasteiger partial charge >= 0.3 is 0 Å². The summed E-state index contributed by atoms with van der Waals surface area (Å²) in [6.45, 7) is 1.06. The van der Waals surface area contributed by atoms with E-state index < -0.39 is 0 Å². The van der Waals surface area contributed by atoms with Gasteiger partial charge in [0.05, 0.1) is 6.10 Å². The highest BCUT2D eigenvalue weighted by Gasteiger charge is 2.39. The van der Waals surface area contributed by atoms with Crippen LogP contribution in [-0.2, 0) is 4.79 Å². The first kappa shape index (κ1) is 12.8. The molecule has 2 atom stereocenters. The van der Waals surface area contributed by atoms with Crippen LogP contribution in [-0.4, -0.2) is 40.6 Å². The second-order valence-electron chi connectivity index (χ2n) is 5.27. The zero-order valence-corrected chi connectivity index (χ0v) is 10.3. The summed E-state index contributed by atoms with van der Waals surface area (Å²) in [4.78, 5) is 13.5. The van der Waals surface area contributed by atoms with Crippen molar-refractivity contribution >= 4 is 5.91 Å². The number of rotatable bonds is 5. The van der Waals surface area contributed by atoms with Crippen molar-refractivity contribution in [2.75, 3.05) is 6.54 Å². The molecule has 2 aliphatic heterocycles. The summed E-state index contributed by atoms with van der Waals surface area (Å²) in [7, 11) is 0. The minimum Gasteiger partial charge on any atom is -0.393 e. The van der Waals surface area contributed by atoms with Gasteiger partial charge in [0.1, 0.15) is 0 Å². The Bertz CT molecular complexity index is 258. The molecule has 5 heteroatoms. The fraction of sp³-hybridized carbons (Fsp3) is 0.917. The molecule has 2 fully saturated rings. The Kier molecular flexibility index (Phi) is 4.36. The topological polar surface area (TPSA) is 78.6 Å². The van der Waals surface area contributed by atoms with Crippen LogP contribution in [0.4, 0.5) is 0 Å². The predicted octanol–water partition coefficient (Wildman–Crippen LogP) is 0.134. The third-order valence-electron chi connectivity index (χ3n) is 4.09. The minimum atomic E-state index is -0.0910. The molecule has 2 saturated heterocycles. The van der Waals surface area contributed by atoms with Gasteiger partial charge in [0, 0.05) is 18.5 Å². The van der Waals surface area contributed by atoms with E-state index in [0.29, 0.717) is 18.5 Å². The highest BCUT2D eigenvalue weighted by molar-refractivity contribution is 5.75. The van der Waals surface area contributed by atoms with E-state index >= 15 is 0 Å². The number of carbonyl (C=O) groups is 1. The van der Waals surface area contributed by atoms with Crippen LogP contribution in [0.25, 0.3) is 0 Å². The number of fused-ring (bicyclic) bond motifs is 2. The van der Waals surface area contributed by atoms with Crippen molar-refractivity contribution in [1.29, 1.82) is 0 Å². The quantitative estimate of drug-likeness (QED) is 0.277. The fourth-order valence-electron chi connectivity index (χ4n) is 3.26. The van der Waals surface area contributed by atoms with Crippen LogP contribution >= 0.6 is 0 Å². The van der Waals surface area contributed by atoms with Crippen LogP contribution in [0.1, 0.15) is 44.9 Å². The molecule has 5 nitrogen and oxygen atoms in total. The predicted molar refractivity (Wildman–Crippen MR) is 64.9 cm³/mol. The van der Waals surface area contributed by atoms with Gasteiger partial charge in [0.25, 0.3) is 0 Å². The van der Waals surface area contributed by atoms with Crippen molar-refractivity contribution in [3.05, 3.63) is 0 Å². The van der Waals surface area contributed by atoms with E-state index in [2.05, 4.69) is 10.3 Å². The molecule has 0 aliphatic carbocycles. The summed E-state index contributed by atoms with van der Waals surface area (Å²) in [5.41, 5.74) is 2.15. The normalized spacial score (nSPS) is 32.7. The molecule has 0 spiro atoms. The Labute approximate surface area is 102 Å². The summed E-state index contributed by atoms with van der Waals surface area (Å²) in [6, 6.07) is 1.15. The number of carbonyl (C=O) groups excluding carboxylic acids is 1. The van der Waals surface area contributed by atoms with Crippen molar-refractivity contribution in [2.24, 2.45) is 5.84 Å². The van der Waals surface area contributed by atoms with Gasteiger partial charge in [-0.2, -0.15) is 0 Å². The maximum Gasteiger partial charge on any atom is 0.233 e. The zero-order chi connectivity index (χ0) is 12.3. The Balaban J connectivity index is 1.68. The molecule has 1 amide bonds. The van der Waals surface area contributed by atoms with Gasteiger partial charge in [-0.1, -0.05) is 0 Å². The van der Waals surface area contributed by atoms with Gasteiger partial charge in [0.15, 0.2) is 0 Å². The van der Waals surface area contributed by atoms with E-state index in [4.69, 9.17) is 5.84 Å². The summed E-state index contributed by atoms with van der Waals surface area (Å²) >= 11 is 0. The van der Waals surface area contributed by atoms with Crippen LogP contribution in [0.15, 0.2) is 0 Å². The third-order valence-corrected chi connectivity index (χ3v) is 4.09. The first-order valence-electron chi connectivity index (χ1n) is 6.64. The van der Waals surface area contributed by atoms with Crippen molar-refractivity contribution in [1.82, 2.24) is 10.3 Å². The van der Waals surface area contributed by atoms with Crippen molar-refractivity contribution in [3.63, 3.8) is 0 Å². The van der Waals surface area contributed by atoms with E-state index in [0.717, 1.165) is 32.2 Å². The molecule has 0 aromatic heterocycles. The average molecular weight is 241 g/mol. The zero-order valence-electron chi connectivity index (χ0n) is 10.3. The molecule has 98 valence electrons. The lowest BCUT2D eigenvalue weighted by atomic mass is 9.99. The standard InChI is InChI=1S/C12H23N3O2/c13-14-12(17)3-1-2-6-15-9-4-5-10(15)8-11(16)7-9/h9-11,16H,1-8,13H2,(H,14,17). The van der Waals surface area contributed by atoms with Gasteiger partial charge in [-0.15, -0.1) is 0 Å². The molecule has 2 unspecified atom stereocenters. The Hall–Kier alpha value is -0.650. The molecule has 17 heavy (non-hydrogen) atoms. The van der Waals surface area contributed by atoms with E-state index in [1.807, 2.05) is 0 Å². The molecule has 0 radical (unpaired) electrons. The summed E-state index contributed by atoms with van der Waals surface area (Å²) in [5, 5.41) is 9.69. The van der Waals surface area contributed by atoms with Crippen molar-refractivity contribution < 1.29 is 9.90 Å². The molecule has 2 bridgehead atoms. The fourth-order valence-corrected chi connectivity index (χ4v) is 3.26. The van der Waals surface area contributed by atoms with E-state index in [1.165, 1.54) is 12.8 Å². The van der Waals surface area contributed by atoms with Crippen molar-refractivity contribution in [3.8, 4) is 0 Å². The number of aliphatic hydroxyl groups is 1. The number of amides is 1. The Morgan fingerprint density at radius 2 is 1.94 bits per heavy atom. The number of nitrogens with zero attached hydrogens (tertiary/aromatic N) is 1. The number of piperidine rings is 1. The SMILES string of the molecule is NNC(=O)CCCCN1C2CCC1CC(O)C2. The van der Waals surface area contributed by atoms with Crippen molar-refractivity contribution in [2.45, 2.75) is 63.1 Å². The van der Waals surface area contributed by atoms with E-state index in [9.17, 15) is 9.90 Å². The molecule has 2 rings (SSSR count). The number of hydrazine groups is 1. The number of nitrogens with one attached hydrogen (secondary N) is 1. The van der Waals surface area contributed by atoms with Crippen LogP contribution < -0.4 is 11.3 Å². The van der Waals surface area contributed by atoms with Crippen LogP contribution in [0.5, 0.6) is 0 Å². The monoisotopic (exact) mass is 241 g/mol. The largest absolute Gasteiger partial charge is 0.393 e. The summed E-state index contributed by atoms with van der Waals surface area (Å²) in [5.74, 6) is 4.95. The molecular formula is C12H23N3O2. The Morgan fingerprint density at radius 1 is 1.29 bits per heavy atom. The third kappa shape index (κ3) is 3.18. The van der Waals surface area contributed by atoms with Gasteiger partial charge in [-0.05, 0) is 45.1 Å². The number of unbranched alkanes of at least 4 members (excludes halogenated alkanes) is 1. The maximum atomic E-state index is 11.0. The summed E-state index contributed by atoms with van der Waals surface area (Å²) < 4.78 is 0. The first-order valence-corrected chi connectivity index (χ1v) is 6.64. The molecule has 2 heterocycles. The van der Waals surface area contributed by atoms with Crippen LogP contribution in [0, 0.1) is 0 Å². The van der Waals surface area contributed by atoms with E-state index in [-0.39, 0.29) is 12.0 Å². The smallest absolute Gasteiger partial charge is 0.233 e. The molecule has 0 aromatic carbocycles. The molecule has 4 N–H and O–H groups in total. The highest BCUT2D eigenvalue weighted by atomic mass is 16.3. The summed E-state index contributed by atoms with van der Waals surface area (Å²) in [6.07, 6.45) is 6.67. The number of hydrogen-bond acceptors (Lipinski definition) is 4. The lowest BCUT2D eigenvalue weighted by molar-refractivity contribution is -0.121. The average Bonchev–Trinajstić information content (AvgIpc) is 2.56. The lowest BCUT2D eigenvalue weighted by Crippen LogP contribution is -2.45. The number of nitrogens with two attached hydrogens (primary N) is 1. The van der Waals surface area contributed by atoms with E-state index in [1.54, 1.807) is 0 Å². The second-order valence-corrected chi connectivity index (χ2v) is 5.27. The minimum absolute atomic E-state index is 0.0814. The first-order chi connectivity index (χ1) is 8.20. The maximum absolute atomic E-state index is 11.0.